The van der Waals surface area contributed by atoms with E-state index in [-0.39, 0.29) is 12.1 Å². The number of amides is 4. The summed E-state index contributed by atoms with van der Waals surface area (Å²) in [6.45, 7) is 6.40. The maximum Gasteiger partial charge on any atom is 0.321 e. The maximum absolute atomic E-state index is 12.3. The lowest BCUT2D eigenvalue weighted by Crippen LogP contribution is -2.29. The smallest absolute Gasteiger partial charge is 0.321 e. The Bertz CT molecular complexity index is 654. The molecule has 0 saturated carbocycles. The van der Waals surface area contributed by atoms with Crippen molar-refractivity contribution >= 4 is 23.4 Å². The second-order valence-electron chi connectivity index (χ2n) is 7.41. The quantitative estimate of drug-likeness (QED) is 0.680. The van der Waals surface area contributed by atoms with E-state index in [2.05, 4.69) is 31.4 Å². The van der Waals surface area contributed by atoms with Gasteiger partial charge in [0.2, 0.25) is 0 Å². The molecule has 6 heteroatoms. The molecule has 2 N–H and O–H groups in total. The number of anilines is 2. The first-order chi connectivity index (χ1) is 12.7. The van der Waals surface area contributed by atoms with Crippen molar-refractivity contribution in [2.24, 2.45) is 0 Å². The van der Waals surface area contributed by atoms with Gasteiger partial charge in [0.25, 0.3) is 0 Å². The minimum atomic E-state index is -0.175. The Morgan fingerprint density at radius 2 is 1.26 bits per heavy atom. The average Bonchev–Trinajstić information content (AvgIpc) is 2.61. The molecule has 0 atom stereocenters. The van der Waals surface area contributed by atoms with Gasteiger partial charge >= 0.3 is 12.1 Å². The summed E-state index contributed by atoms with van der Waals surface area (Å²) in [7, 11) is 6.88. The summed E-state index contributed by atoms with van der Waals surface area (Å²) < 4.78 is 0. The topological polar surface area (TPSA) is 64.7 Å². The molecular formula is C21H36N4O2. The van der Waals surface area contributed by atoms with Crippen LogP contribution in [0.5, 0.6) is 0 Å². The van der Waals surface area contributed by atoms with Crippen LogP contribution in [-0.4, -0.2) is 50.1 Å². The normalized spacial score (nSPS) is 10.5. The zero-order valence-corrected chi connectivity index (χ0v) is 18.0. The Balaban J connectivity index is 3.47. The number of carbonyl (C=O) groups excluding carboxylic acids is 2. The zero-order valence-electron chi connectivity index (χ0n) is 18.0. The molecule has 0 radical (unpaired) electrons. The Morgan fingerprint density at radius 1 is 0.815 bits per heavy atom. The van der Waals surface area contributed by atoms with Gasteiger partial charge in [-0.15, -0.1) is 0 Å². The van der Waals surface area contributed by atoms with Gasteiger partial charge in [0.05, 0.1) is 0 Å². The molecule has 4 amide bonds. The molecule has 0 aliphatic heterocycles. The lowest BCUT2D eigenvalue weighted by Gasteiger charge is -2.23. The van der Waals surface area contributed by atoms with Gasteiger partial charge in [0, 0.05) is 39.6 Å². The molecule has 6 nitrogen and oxygen atoms in total. The summed E-state index contributed by atoms with van der Waals surface area (Å²) in [5, 5.41) is 6.00. The van der Waals surface area contributed by atoms with Crippen molar-refractivity contribution in [3.8, 4) is 0 Å². The summed E-state index contributed by atoms with van der Waals surface area (Å²) in [6.07, 6.45) is 6.19. The van der Waals surface area contributed by atoms with Gasteiger partial charge in [-0.2, -0.15) is 0 Å². The fourth-order valence-corrected chi connectivity index (χ4v) is 2.92. The van der Waals surface area contributed by atoms with Crippen molar-refractivity contribution in [2.45, 2.75) is 59.3 Å². The van der Waals surface area contributed by atoms with Crippen LogP contribution in [-0.2, 0) is 12.8 Å². The minimum absolute atomic E-state index is 0.164. The molecule has 27 heavy (non-hydrogen) atoms. The number of benzene rings is 1. The van der Waals surface area contributed by atoms with Crippen LogP contribution in [0.25, 0.3) is 0 Å². The van der Waals surface area contributed by atoms with Gasteiger partial charge in [-0.05, 0) is 55.4 Å². The molecule has 1 rings (SSSR count). The molecule has 0 saturated heterocycles. The third-order valence-electron chi connectivity index (χ3n) is 4.69. The first kappa shape index (κ1) is 22.8. The van der Waals surface area contributed by atoms with Crippen LogP contribution >= 0.6 is 0 Å². The molecule has 0 heterocycles. The molecule has 1 aromatic carbocycles. The van der Waals surface area contributed by atoms with E-state index in [1.807, 2.05) is 6.07 Å². The van der Waals surface area contributed by atoms with E-state index in [9.17, 15) is 9.59 Å². The highest BCUT2D eigenvalue weighted by molar-refractivity contribution is 5.94. The monoisotopic (exact) mass is 376 g/mol. The molecule has 152 valence electrons. The molecule has 0 unspecified atom stereocenters. The Kier molecular flexibility index (Phi) is 9.12. The molecule has 0 aliphatic rings. The summed E-state index contributed by atoms with van der Waals surface area (Å²) in [5.74, 6) is 0. The van der Waals surface area contributed by atoms with Crippen LogP contribution in [0.4, 0.5) is 21.0 Å². The number of rotatable bonds is 8. The van der Waals surface area contributed by atoms with Crippen molar-refractivity contribution < 1.29 is 9.59 Å². The first-order valence-corrected chi connectivity index (χ1v) is 9.84. The van der Waals surface area contributed by atoms with Crippen LogP contribution < -0.4 is 10.6 Å². The predicted octanol–water partition coefficient (Wildman–Crippen LogP) is 4.87. The van der Waals surface area contributed by atoms with Crippen molar-refractivity contribution in [2.75, 3.05) is 38.8 Å². The van der Waals surface area contributed by atoms with Gasteiger partial charge in [0.15, 0.2) is 0 Å². The van der Waals surface area contributed by atoms with Crippen molar-refractivity contribution in [1.29, 1.82) is 0 Å². The fourth-order valence-electron chi connectivity index (χ4n) is 2.92. The molecule has 1 aromatic rings. The number of carbonyl (C=O) groups is 2. The van der Waals surface area contributed by atoms with Gasteiger partial charge in [-0.3, -0.25) is 0 Å². The van der Waals surface area contributed by atoms with Gasteiger partial charge in [0.1, 0.15) is 0 Å². The van der Waals surface area contributed by atoms with E-state index >= 15 is 0 Å². The van der Waals surface area contributed by atoms with E-state index in [0.717, 1.165) is 55.5 Å². The van der Waals surface area contributed by atoms with E-state index in [0.29, 0.717) is 0 Å². The Morgan fingerprint density at radius 3 is 1.70 bits per heavy atom. The third-order valence-corrected chi connectivity index (χ3v) is 4.69. The van der Waals surface area contributed by atoms with Crippen molar-refractivity contribution in [3.05, 3.63) is 22.8 Å². The van der Waals surface area contributed by atoms with Crippen LogP contribution in [0.3, 0.4) is 0 Å². The second-order valence-corrected chi connectivity index (χ2v) is 7.41. The van der Waals surface area contributed by atoms with Crippen LogP contribution in [0.2, 0.25) is 0 Å². The summed E-state index contributed by atoms with van der Waals surface area (Å²) in [5.41, 5.74) is 5.09. The van der Waals surface area contributed by atoms with Crippen LogP contribution in [0.15, 0.2) is 6.07 Å². The highest BCUT2D eigenvalue weighted by Crippen LogP contribution is 2.33. The molecule has 0 aliphatic carbocycles. The Hall–Kier alpha value is -2.24. The highest BCUT2D eigenvalue weighted by atomic mass is 16.2. The van der Waals surface area contributed by atoms with Gasteiger partial charge in [-0.25, -0.2) is 9.59 Å². The SMILES string of the molecule is CCCCc1c(NC(=O)N(C)C)cc(NC(=O)N(C)C)c(C)c1CCCC. The van der Waals surface area contributed by atoms with Gasteiger partial charge in [-0.1, -0.05) is 26.7 Å². The third kappa shape index (κ3) is 6.45. The standard InChI is InChI=1S/C21H36N4O2/c1-8-10-12-16-15(3)18(22-20(26)24(4)5)14-19(17(16)13-11-9-2)23-21(27)25(6)7/h14H,8-13H2,1-7H3,(H,22,26)(H,23,27). The van der Waals surface area contributed by atoms with Crippen LogP contribution in [0.1, 0.15) is 56.2 Å². The lowest BCUT2D eigenvalue weighted by atomic mass is 9.91. The number of nitrogens with one attached hydrogen (secondary N) is 2. The summed E-state index contributed by atoms with van der Waals surface area (Å²) in [6, 6.07) is 1.56. The largest absolute Gasteiger partial charge is 0.331 e. The average molecular weight is 377 g/mol. The molecule has 0 bridgehead atoms. The predicted molar refractivity (Wildman–Crippen MR) is 114 cm³/mol. The molecule has 0 aromatic heterocycles. The summed E-state index contributed by atoms with van der Waals surface area (Å²) in [4.78, 5) is 27.5. The lowest BCUT2D eigenvalue weighted by molar-refractivity contribution is 0.230. The fraction of sp³-hybridized carbons (Fsp3) is 0.619. The maximum atomic E-state index is 12.3. The molecule has 0 spiro atoms. The number of hydrogen-bond acceptors (Lipinski definition) is 2. The second kappa shape index (κ2) is 10.8. The van der Waals surface area contributed by atoms with Crippen molar-refractivity contribution in [1.82, 2.24) is 9.80 Å². The van der Waals surface area contributed by atoms with E-state index in [1.165, 1.54) is 20.9 Å². The number of nitrogens with zero attached hydrogens (tertiary/aromatic N) is 2. The van der Waals surface area contributed by atoms with Gasteiger partial charge < -0.3 is 20.4 Å². The highest BCUT2D eigenvalue weighted by Gasteiger charge is 2.19. The summed E-state index contributed by atoms with van der Waals surface area (Å²) >= 11 is 0. The Labute approximate surface area is 164 Å². The number of urea groups is 2. The van der Waals surface area contributed by atoms with E-state index in [4.69, 9.17) is 0 Å². The van der Waals surface area contributed by atoms with Crippen molar-refractivity contribution in [3.63, 3.8) is 0 Å². The number of unbranched alkanes of at least 4 members (excludes halogenated alkanes) is 2. The van der Waals surface area contributed by atoms with Crippen LogP contribution in [0, 0.1) is 6.92 Å². The first-order valence-electron chi connectivity index (χ1n) is 9.84. The van der Waals surface area contributed by atoms with E-state index in [1.54, 1.807) is 28.2 Å². The molecular weight excluding hydrogens is 340 g/mol. The zero-order chi connectivity index (χ0) is 20.6. The van der Waals surface area contributed by atoms with E-state index < -0.39 is 0 Å². The number of hydrogen-bond donors (Lipinski definition) is 2. The molecule has 0 fully saturated rings. The minimum Gasteiger partial charge on any atom is -0.331 e.